The normalized spacial score (nSPS) is 12.1. The summed E-state index contributed by atoms with van der Waals surface area (Å²) in [5.41, 5.74) is 1.36. The van der Waals surface area contributed by atoms with Gasteiger partial charge in [-0.2, -0.15) is 5.26 Å². The first-order chi connectivity index (χ1) is 16.1. The molecule has 4 aromatic rings. The van der Waals surface area contributed by atoms with Crippen LogP contribution in [0.2, 0.25) is 0 Å². The molecule has 0 unspecified atom stereocenters. The number of hydrogen-bond acceptors (Lipinski definition) is 5. The third kappa shape index (κ3) is 4.61. The van der Waals surface area contributed by atoms with Gasteiger partial charge in [0.2, 0.25) is 0 Å². The van der Waals surface area contributed by atoms with Crippen LogP contribution in [0.4, 0.5) is 5.69 Å². The van der Waals surface area contributed by atoms with Crippen LogP contribution in [0.5, 0.6) is 5.75 Å². The number of rotatable bonds is 5. The van der Waals surface area contributed by atoms with Crippen molar-refractivity contribution < 1.29 is 9.53 Å². The Hall–Kier alpha value is -4.41. The Kier molecular flexibility index (Phi) is 6.48. The van der Waals surface area contributed by atoms with Crippen molar-refractivity contribution in [2.24, 2.45) is 0 Å². The van der Waals surface area contributed by atoms with Crippen molar-refractivity contribution in [3.63, 3.8) is 0 Å². The number of methoxy groups -OCH3 is 1. The molecule has 0 bridgehead atoms. The minimum atomic E-state index is -0.585. The van der Waals surface area contributed by atoms with Crippen LogP contribution in [0.3, 0.4) is 0 Å². The van der Waals surface area contributed by atoms with Crippen LogP contribution in [0.15, 0.2) is 89.7 Å². The summed E-state index contributed by atoms with van der Waals surface area (Å²) in [6, 6.07) is 27.1. The van der Waals surface area contributed by atoms with Crippen molar-refractivity contribution in [3.8, 4) is 17.5 Å². The number of aromatic nitrogens is 1. The molecule has 0 radical (unpaired) electrons. The van der Waals surface area contributed by atoms with Crippen LogP contribution >= 0.6 is 11.3 Å². The number of anilines is 1. The molecule has 0 saturated carbocycles. The molecule has 7 heteroatoms. The molecule has 0 fully saturated rings. The van der Waals surface area contributed by atoms with E-state index < -0.39 is 5.91 Å². The van der Waals surface area contributed by atoms with E-state index in [1.807, 2.05) is 36.4 Å². The fourth-order valence-corrected chi connectivity index (χ4v) is 4.39. The van der Waals surface area contributed by atoms with Gasteiger partial charge >= 0.3 is 0 Å². The van der Waals surface area contributed by atoms with Crippen molar-refractivity contribution in [2.75, 3.05) is 12.4 Å². The van der Waals surface area contributed by atoms with Crippen LogP contribution in [0.1, 0.15) is 5.56 Å². The number of hydrogen-bond donors (Lipinski definition) is 1. The number of thiazole rings is 1. The van der Waals surface area contributed by atoms with Crippen molar-refractivity contribution >= 4 is 34.6 Å². The molecule has 0 atom stereocenters. The number of carbonyl (C=O) groups excluding carboxylic acids is 1. The smallest absolute Gasteiger partial charge is 0.273 e. The molecule has 1 amide bonds. The van der Waals surface area contributed by atoms with Crippen LogP contribution in [0, 0.1) is 11.3 Å². The standard InChI is InChI=1S/C26H19N3O3S/c1-32-22-15-9-8-10-18(22)16-23-25(31)29(20-13-6-3-7-14-20)26(33-23)21(17-27)24(30)28-19-11-4-2-5-12-19/h2-16H,1H3,(H,28,30)/b23-16+,26-21+. The zero-order valence-corrected chi connectivity index (χ0v) is 18.5. The fourth-order valence-electron chi connectivity index (χ4n) is 3.30. The van der Waals surface area contributed by atoms with E-state index >= 15 is 0 Å². The second-order valence-corrected chi connectivity index (χ2v) is 7.97. The van der Waals surface area contributed by atoms with E-state index in [0.29, 0.717) is 21.7 Å². The molecule has 0 spiro atoms. The van der Waals surface area contributed by atoms with Gasteiger partial charge in [-0.15, -0.1) is 11.3 Å². The Bertz CT molecular complexity index is 1510. The molecule has 1 N–H and O–H groups in total. The number of nitriles is 1. The maximum atomic E-state index is 13.4. The lowest BCUT2D eigenvalue weighted by molar-refractivity contribution is -0.111. The first-order valence-corrected chi connectivity index (χ1v) is 10.9. The van der Waals surface area contributed by atoms with E-state index in [0.717, 1.165) is 16.9 Å². The van der Waals surface area contributed by atoms with Gasteiger partial charge in [0.25, 0.3) is 11.5 Å². The Morgan fingerprint density at radius 2 is 1.64 bits per heavy atom. The van der Waals surface area contributed by atoms with Gasteiger partial charge in [-0.25, -0.2) is 0 Å². The largest absolute Gasteiger partial charge is 0.496 e. The van der Waals surface area contributed by atoms with E-state index in [9.17, 15) is 14.9 Å². The number of nitrogens with one attached hydrogen (secondary N) is 1. The lowest BCUT2D eigenvalue weighted by atomic mass is 10.2. The number of amides is 1. The second kappa shape index (κ2) is 9.81. The Morgan fingerprint density at radius 3 is 2.30 bits per heavy atom. The highest BCUT2D eigenvalue weighted by Gasteiger charge is 2.17. The molecule has 0 aliphatic heterocycles. The first-order valence-electron chi connectivity index (χ1n) is 10.0. The highest BCUT2D eigenvalue weighted by atomic mass is 32.1. The van der Waals surface area contributed by atoms with Crippen molar-refractivity contribution in [1.82, 2.24) is 4.57 Å². The molecule has 1 heterocycles. The Labute approximate surface area is 193 Å². The minimum Gasteiger partial charge on any atom is -0.496 e. The molecular weight excluding hydrogens is 434 g/mol. The maximum Gasteiger partial charge on any atom is 0.273 e. The number of carbonyl (C=O) groups is 1. The van der Waals surface area contributed by atoms with E-state index in [-0.39, 0.29) is 15.8 Å². The fraction of sp³-hybridized carbons (Fsp3) is 0.0385. The summed E-state index contributed by atoms with van der Waals surface area (Å²) in [6.07, 6.45) is 1.71. The summed E-state index contributed by atoms with van der Waals surface area (Å²) in [5, 5.41) is 12.6. The van der Waals surface area contributed by atoms with Gasteiger partial charge < -0.3 is 10.1 Å². The SMILES string of the molecule is COc1ccccc1/C=c1/s/c(=C(\C#N)C(=O)Nc2ccccc2)n(-c2ccccc2)c1=O. The molecule has 4 rings (SSSR count). The Morgan fingerprint density at radius 1 is 1.00 bits per heavy atom. The lowest BCUT2D eigenvalue weighted by Gasteiger charge is -2.05. The zero-order valence-electron chi connectivity index (χ0n) is 17.7. The van der Waals surface area contributed by atoms with Crippen LogP contribution < -0.4 is 24.8 Å². The molecule has 0 aliphatic carbocycles. The molecule has 33 heavy (non-hydrogen) atoms. The predicted octanol–water partition coefficient (Wildman–Crippen LogP) is 3.05. The highest BCUT2D eigenvalue weighted by molar-refractivity contribution is 7.07. The Balaban J connectivity index is 1.98. The molecular formula is C26H19N3O3S. The predicted molar refractivity (Wildman–Crippen MR) is 130 cm³/mol. The molecule has 162 valence electrons. The summed E-state index contributed by atoms with van der Waals surface area (Å²) in [7, 11) is 1.56. The van der Waals surface area contributed by atoms with Crippen molar-refractivity contribution in [1.29, 1.82) is 5.26 Å². The summed E-state index contributed by atoms with van der Waals surface area (Å²) < 4.78 is 7.42. The summed E-state index contributed by atoms with van der Waals surface area (Å²) in [6.45, 7) is 0. The number of nitrogens with zero attached hydrogens (tertiary/aromatic N) is 2. The van der Waals surface area contributed by atoms with Gasteiger partial charge in [-0.1, -0.05) is 54.6 Å². The van der Waals surface area contributed by atoms with Crippen molar-refractivity contribution in [3.05, 3.63) is 110 Å². The number of ether oxygens (including phenoxy) is 1. The van der Waals surface area contributed by atoms with Gasteiger partial charge in [-0.3, -0.25) is 14.2 Å². The lowest BCUT2D eigenvalue weighted by Crippen LogP contribution is -2.32. The molecule has 0 saturated heterocycles. The summed E-state index contributed by atoms with van der Waals surface area (Å²) >= 11 is 1.09. The van der Waals surface area contributed by atoms with E-state index in [4.69, 9.17) is 4.74 Å². The highest BCUT2D eigenvalue weighted by Crippen LogP contribution is 2.17. The third-order valence-electron chi connectivity index (χ3n) is 4.85. The van der Waals surface area contributed by atoms with Crippen LogP contribution in [-0.2, 0) is 4.79 Å². The van der Waals surface area contributed by atoms with Crippen LogP contribution in [0.25, 0.3) is 17.3 Å². The zero-order chi connectivity index (χ0) is 23.2. The molecule has 1 aromatic heterocycles. The number of para-hydroxylation sites is 3. The summed E-state index contributed by atoms with van der Waals surface area (Å²) in [4.78, 5) is 26.4. The van der Waals surface area contributed by atoms with Gasteiger partial charge in [0.05, 0.1) is 17.3 Å². The van der Waals surface area contributed by atoms with Gasteiger partial charge in [-0.05, 0) is 36.4 Å². The topological polar surface area (TPSA) is 84.1 Å². The van der Waals surface area contributed by atoms with Gasteiger partial charge in [0.1, 0.15) is 16.5 Å². The minimum absolute atomic E-state index is 0.149. The van der Waals surface area contributed by atoms with E-state index in [2.05, 4.69) is 5.32 Å². The average Bonchev–Trinajstić information content (AvgIpc) is 3.16. The van der Waals surface area contributed by atoms with Crippen LogP contribution in [-0.4, -0.2) is 17.6 Å². The summed E-state index contributed by atoms with van der Waals surface area (Å²) in [5.74, 6) is 0.0305. The number of benzene rings is 3. The molecule has 3 aromatic carbocycles. The molecule has 0 aliphatic rings. The first kappa shape index (κ1) is 21.8. The quantitative estimate of drug-likeness (QED) is 0.503. The van der Waals surface area contributed by atoms with E-state index in [1.54, 1.807) is 67.8 Å². The van der Waals surface area contributed by atoms with Gasteiger partial charge in [0, 0.05) is 11.3 Å². The average molecular weight is 454 g/mol. The van der Waals surface area contributed by atoms with Gasteiger partial charge in [0.15, 0.2) is 5.57 Å². The molecule has 6 nitrogen and oxygen atoms in total. The van der Waals surface area contributed by atoms with Crippen molar-refractivity contribution in [2.45, 2.75) is 0 Å². The third-order valence-corrected chi connectivity index (χ3v) is 5.94. The monoisotopic (exact) mass is 453 g/mol. The second-order valence-electron chi connectivity index (χ2n) is 6.94. The maximum absolute atomic E-state index is 13.4. The van der Waals surface area contributed by atoms with E-state index in [1.165, 1.54) is 4.57 Å².